The molecule has 2 saturated heterocycles. The Hall–Kier alpha value is -2.55. The van der Waals surface area contributed by atoms with E-state index in [0.29, 0.717) is 24.8 Å². The molecule has 2 fully saturated rings. The second-order valence-electron chi connectivity index (χ2n) is 11.2. The minimum Gasteiger partial charge on any atom is -0.450 e. The molecule has 0 aromatic carbocycles. The maximum absolute atomic E-state index is 12.3. The number of ether oxygens (including phenoxy) is 4. The van der Waals surface area contributed by atoms with Gasteiger partial charge < -0.3 is 39.8 Å². The van der Waals surface area contributed by atoms with Gasteiger partial charge in [0.05, 0.1) is 26.4 Å². The molecule has 2 aliphatic rings. The molecule has 0 atom stereocenters. The lowest BCUT2D eigenvalue weighted by molar-refractivity contribution is -0.160. The van der Waals surface area contributed by atoms with Gasteiger partial charge in [-0.05, 0) is 109 Å². The number of halogens is 3. The molecule has 2 aromatic heterocycles. The van der Waals surface area contributed by atoms with Crippen molar-refractivity contribution >= 4 is 103 Å². The van der Waals surface area contributed by atoms with Crippen LogP contribution in [0.15, 0.2) is 24.3 Å². The fourth-order valence-corrected chi connectivity index (χ4v) is 5.24. The highest BCUT2D eigenvalue weighted by Crippen LogP contribution is 2.22. The topological polar surface area (TPSA) is 176 Å². The average Bonchev–Trinajstić information content (AvgIpc) is 2.96. The lowest BCUT2D eigenvalue weighted by Gasteiger charge is -2.28. The van der Waals surface area contributed by atoms with E-state index >= 15 is 0 Å². The number of carbonyl (C=O) groups excluding carboxylic acids is 4. The third-order valence-electron chi connectivity index (χ3n) is 6.30. The molecule has 0 spiro atoms. The summed E-state index contributed by atoms with van der Waals surface area (Å²) in [5, 5.41) is 2.04. The van der Waals surface area contributed by atoms with E-state index in [1.54, 1.807) is 19.9 Å². The van der Waals surface area contributed by atoms with Crippen molar-refractivity contribution in [2.45, 2.75) is 52.7 Å². The van der Waals surface area contributed by atoms with Gasteiger partial charge in [0.15, 0.2) is 11.2 Å². The van der Waals surface area contributed by atoms with Crippen molar-refractivity contribution in [2.24, 2.45) is 0 Å². The SMILES string of the molecule is CC(=O)OC(C)(C)C(=O)Cl.CC(=O)OC(C)(C)C(=O)Nc1cc(I)cc(N2CCOCC2)n1.Nc1cc(I)cc(N2CCOCC2)n1. The minimum atomic E-state index is -1.26. The summed E-state index contributed by atoms with van der Waals surface area (Å²) in [6.45, 7) is 14.6. The molecule has 4 heterocycles. The molecule has 1 amide bonds. The number of nitrogen functional groups attached to an aromatic ring is 1. The van der Waals surface area contributed by atoms with Gasteiger partial charge in [-0.1, -0.05) is 0 Å². The summed E-state index contributed by atoms with van der Waals surface area (Å²) in [5.41, 5.74) is 3.24. The van der Waals surface area contributed by atoms with Gasteiger partial charge >= 0.3 is 11.9 Å². The minimum absolute atomic E-state index is 0.421. The molecular formula is C30H41ClI2N6O8. The molecule has 2 aromatic rings. The second kappa shape index (κ2) is 18.8. The van der Waals surface area contributed by atoms with Crippen molar-refractivity contribution < 1.29 is 38.1 Å². The van der Waals surface area contributed by atoms with Crippen LogP contribution in [-0.4, -0.2) is 96.9 Å². The highest BCUT2D eigenvalue weighted by Gasteiger charge is 2.32. The maximum atomic E-state index is 12.3. The number of carbonyl (C=O) groups is 4. The van der Waals surface area contributed by atoms with E-state index < -0.39 is 34.3 Å². The zero-order valence-electron chi connectivity index (χ0n) is 27.2. The molecular weight excluding hydrogens is 862 g/mol. The number of morpholine rings is 2. The fraction of sp³-hybridized carbons (Fsp3) is 0.533. The number of nitrogens with two attached hydrogens (primary N) is 1. The molecule has 14 nitrogen and oxygen atoms in total. The number of nitrogens with zero attached hydrogens (tertiary/aromatic N) is 4. The molecule has 3 N–H and O–H groups in total. The number of amides is 1. The molecule has 17 heteroatoms. The number of nitrogens with one attached hydrogen (secondary N) is 1. The van der Waals surface area contributed by atoms with Gasteiger partial charge in [-0.25, -0.2) is 9.97 Å². The summed E-state index contributed by atoms with van der Waals surface area (Å²) < 4.78 is 22.3. The summed E-state index contributed by atoms with van der Waals surface area (Å²) in [4.78, 5) is 57.3. The Morgan fingerprint density at radius 1 is 0.787 bits per heavy atom. The van der Waals surface area contributed by atoms with Gasteiger partial charge in [0.1, 0.15) is 23.3 Å². The summed E-state index contributed by atoms with van der Waals surface area (Å²) in [6, 6.07) is 7.64. The average molecular weight is 903 g/mol. The third-order valence-corrected chi connectivity index (χ3v) is 8.00. The summed E-state index contributed by atoms with van der Waals surface area (Å²) in [6.07, 6.45) is 0. The number of hydrogen-bond acceptors (Lipinski definition) is 13. The first kappa shape index (κ1) is 40.6. The van der Waals surface area contributed by atoms with E-state index in [1.807, 2.05) is 18.2 Å². The molecule has 0 unspecified atom stereocenters. The Bertz CT molecular complexity index is 1380. The number of aromatic nitrogens is 2. The van der Waals surface area contributed by atoms with Gasteiger partial charge in [0.25, 0.3) is 11.1 Å². The molecule has 0 saturated carbocycles. The molecule has 0 radical (unpaired) electrons. The Morgan fingerprint density at radius 3 is 1.62 bits per heavy atom. The summed E-state index contributed by atoms with van der Waals surface area (Å²) >= 11 is 9.53. The van der Waals surface area contributed by atoms with E-state index in [-0.39, 0.29) is 0 Å². The van der Waals surface area contributed by atoms with Crippen LogP contribution in [0.1, 0.15) is 41.5 Å². The lowest BCUT2D eigenvalue weighted by Crippen LogP contribution is -2.41. The quantitative estimate of drug-likeness (QED) is 0.232. The van der Waals surface area contributed by atoms with Gasteiger partial charge in [-0.3, -0.25) is 19.2 Å². The Morgan fingerprint density at radius 2 is 1.21 bits per heavy atom. The Kier molecular flexibility index (Phi) is 16.3. The number of pyridine rings is 2. The standard InChI is InChI=1S/C15H20IN3O4.C9H12IN3O.C6H9ClO3/c1-10(20)23-15(2,3)14(21)18-12-8-11(16)9-13(17-12)19-4-6-22-7-5-19;10-7-5-8(11)12-9(6-7)13-1-3-14-4-2-13;1-4(8)10-6(2,3)5(7)9/h8-9H,4-7H2,1-3H3,(H,17,18,21);5-6H,1-4H2,(H2,11,12);1-3H3. The summed E-state index contributed by atoms with van der Waals surface area (Å²) in [7, 11) is 0. The smallest absolute Gasteiger partial charge is 0.303 e. The Balaban J connectivity index is 0.000000272. The van der Waals surface area contributed by atoms with Crippen molar-refractivity contribution in [2.75, 3.05) is 73.5 Å². The number of anilines is 4. The van der Waals surface area contributed by atoms with E-state index in [0.717, 1.165) is 58.2 Å². The van der Waals surface area contributed by atoms with Crippen LogP contribution in [0.4, 0.5) is 23.3 Å². The molecule has 260 valence electrons. The van der Waals surface area contributed by atoms with Crippen LogP contribution in [-0.2, 0) is 38.1 Å². The highest BCUT2D eigenvalue weighted by molar-refractivity contribution is 14.1. The van der Waals surface area contributed by atoms with Gasteiger partial charge in [-0.2, -0.15) is 0 Å². The predicted octanol–water partition coefficient (Wildman–Crippen LogP) is 4.00. The first-order chi connectivity index (χ1) is 21.9. The van der Waals surface area contributed by atoms with Crippen molar-refractivity contribution in [3.63, 3.8) is 0 Å². The third kappa shape index (κ3) is 14.6. The van der Waals surface area contributed by atoms with Crippen molar-refractivity contribution in [3.8, 4) is 0 Å². The van der Waals surface area contributed by atoms with Crippen molar-refractivity contribution in [3.05, 3.63) is 31.4 Å². The van der Waals surface area contributed by atoms with Gasteiger partial charge in [-0.15, -0.1) is 0 Å². The van der Waals surface area contributed by atoms with Crippen LogP contribution < -0.4 is 20.9 Å². The zero-order valence-corrected chi connectivity index (χ0v) is 32.3. The lowest BCUT2D eigenvalue weighted by atomic mass is 10.1. The largest absolute Gasteiger partial charge is 0.450 e. The van der Waals surface area contributed by atoms with Crippen molar-refractivity contribution in [1.29, 1.82) is 0 Å². The van der Waals surface area contributed by atoms with Crippen LogP contribution >= 0.6 is 56.8 Å². The number of esters is 2. The fourth-order valence-electron chi connectivity index (χ4n) is 4.03. The normalized spacial score (nSPS) is 14.8. The number of hydrogen-bond donors (Lipinski definition) is 2. The summed E-state index contributed by atoms with van der Waals surface area (Å²) in [5.74, 6) is 1.32. The predicted molar refractivity (Wildman–Crippen MR) is 196 cm³/mol. The van der Waals surface area contributed by atoms with Crippen LogP contribution in [0.2, 0.25) is 0 Å². The van der Waals surface area contributed by atoms with Crippen LogP contribution in [0.5, 0.6) is 0 Å². The second-order valence-corrected chi connectivity index (χ2v) is 14.1. The van der Waals surface area contributed by atoms with E-state index in [9.17, 15) is 19.2 Å². The molecule has 0 aliphatic carbocycles. The Labute approximate surface area is 307 Å². The van der Waals surface area contributed by atoms with Gasteiger partial charge in [0.2, 0.25) is 0 Å². The van der Waals surface area contributed by atoms with E-state index in [1.165, 1.54) is 27.7 Å². The first-order valence-corrected chi connectivity index (χ1v) is 17.1. The first-order valence-electron chi connectivity index (χ1n) is 14.6. The van der Waals surface area contributed by atoms with Crippen molar-refractivity contribution in [1.82, 2.24) is 9.97 Å². The van der Waals surface area contributed by atoms with Gasteiger partial charge in [0, 0.05) is 47.2 Å². The highest BCUT2D eigenvalue weighted by atomic mass is 127. The molecule has 2 aliphatic heterocycles. The zero-order chi connectivity index (χ0) is 35.4. The van der Waals surface area contributed by atoms with Crippen LogP contribution in [0.25, 0.3) is 0 Å². The monoisotopic (exact) mass is 902 g/mol. The van der Waals surface area contributed by atoms with Crippen LogP contribution in [0, 0.1) is 7.14 Å². The molecule has 4 rings (SSSR count). The van der Waals surface area contributed by atoms with Crippen LogP contribution in [0.3, 0.4) is 0 Å². The number of rotatable bonds is 7. The molecule has 47 heavy (non-hydrogen) atoms. The maximum Gasteiger partial charge on any atom is 0.303 e. The van der Waals surface area contributed by atoms with E-state index in [4.69, 9.17) is 31.5 Å². The molecule has 0 bridgehead atoms. The van der Waals surface area contributed by atoms with E-state index in [2.05, 4.69) is 75.0 Å².